The van der Waals surface area contributed by atoms with Gasteiger partial charge in [0.05, 0.1) is 0 Å². The molecule has 1 heteroatoms. The Hall–Kier alpha value is -0.0400. The summed E-state index contributed by atoms with van der Waals surface area (Å²) in [4.78, 5) is 2.47. The molecule has 0 radical (unpaired) electrons. The fraction of sp³-hybridized carbons (Fsp3) is 1.00. The zero-order valence-electron chi connectivity index (χ0n) is 10.5. The van der Waals surface area contributed by atoms with E-state index in [1.807, 2.05) is 0 Å². The molecule has 0 aliphatic carbocycles. The third kappa shape index (κ3) is 4.66. The van der Waals surface area contributed by atoms with E-state index in [0.29, 0.717) is 11.6 Å². The minimum atomic E-state index is 0.346. The van der Waals surface area contributed by atoms with E-state index in [-0.39, 0.29) is 0 Å². The molecule has 1 nitrogen and oxygen atoms in total. The summed E-state index contributed by atoms with van der Waals surface area (Å²) in [5, 5.41) is 0. The van der Waals surface area contributed by atoms with E-state index in [2.05, 4.69) is 53.5 Å². The van der Waals surface area contributed by atoms with E-state index in [1.165, 1.54) is 12.8 Å². The van der Waals surface area contributed by atoms with Crippen molar-refractivity contribution in [3.05, 3.63) is 0 Å². The number of nitrogens with zero attached hydrogens (tertiary/aromatic N) is 1. The molecular formula is C12H27N. The normalized spacial score (nSPS) is 13.4. The molecule has 0 aromatic carbocycles. The van der Waals surface area contributed by atoms with Gasteiger partial charge in [-0.05, 0) is 53.5 Å². The SMILES string of the molecule is CC(C)CCC(C)(C)N(C)C(C)C. The quantitative estimate of drug-likeness (QED) is 0.633. The Morgan fingerprint density at radius 3 is 1.85 bits per heavy atom. The first kappa shape index (κ1) is 13.0. The zero-order chi connectivity index (χ0) is 10.6. The molecule has 0 spiro atoms. The summed E-state index contributed by atoms with van der Waals surface area (Å²) in [6, 6.07) is 0.641. The van der Waals surface area contributed by atoms with Gasteiger partial charge in [0.2, 0.25) is 0 Å². The van der Waals surface area contributed by atoms with Crippen molar-refractivity contribution in [2.24, 2.45) is 5.92 Å². The van der Waals surface area contributed by atoms with Crippen molar-refractivity contribution in [2.45, 2.75) is 66.0 Å². The van der Waals surface area contributed by atoms with Crippen LogP contribution in [0.15, 0.2) is 0 Å². The van der Waals surface area contributed by atoms with Gasteiger partial charge in [-0.2, -0.15) is 0 Å². The summed E-state index contributed by atoms with van der Waals surface area (Å²) in [5.41, 5.74) is 0.346. The van der Waals surface area contributed by atoms with Crippen molar-refractivity contribution in [1.29, 1.82) is 0 Å². The average Bonchev–Trinajstić information content (AvgIpc) is 1.99. The summed E-state index contributed by atoms with van der Waals surface area (Å²) >= 11 is 0. The van der Waals surface area contributed by atoms with Gasteiger partial charge in [-0.1, -0.05) is 13.8 Å². The maximum atomic E-state index is 2.47. The largest absolute Gasteiger partial charge is 0.299 e. The smallest absolute Gasteiger partial charge is 0.0153 e. The van der Waals surface area contributed by atoms with Crippen molar-refractivity contribution in [1.82, 2.24) is 4.90 Å². The van der Waals surface area contributed by atoms with Crippen LogP contribution < -0.4 is 0 Å². The number of hydrogen-bond donors (Lipinski definition) is 0. The molecule has 80 valence electrons. The van der Waals surface area contributed by atoms with Crippen LogP contribution in [-0.4, -0.2) is 23.5 Å². The molecule has 0 amide bonds. The predicted octanol–water partition coefficient (Wildman–Crippen LogP) is 3.54. The van der Waals surface area contributed by atoms with Crippen LogP contribution in [0, 0.1) is 5.92 Å². The molecule has 0 atom stereocenters. The second kappa shape index (κ2) is 4.99. The van der Waals surface area contributed by atoms with Gasteiger partial charge in [0.15, 0.2) is 0 Å². The highest BCUT2D eigenvalue weighted by Crippen LogP contribution is 2.23. The minimum Gasteiger partial charge on any atom is -0.299 e. The number of hydrogen-bond acceptors (Lipinski definition) is 1. The van der Waals surface area contributed by atoms with Crippen molar-refractivity contribution in [3.63, 3.8) is 0 Å². The molecule has 0 N–H and O–H groups in total. The van der Waals surface area contributed by atoms with E-state index in [4.69, 9.17) is 0 Å². The van der Waals surface area contributed by atoms with Crippen LogP contribution in [0.2, 0.25) is 0 Å². The van der Waals surface area contributed by atoms with Gasteiger partial charge >= 0.3 is 0 Å². The molecule has 0 aromatic heterocycles. The highest BCUT2D eigenvalue weighted by Gasteiger charge is 2.24. The average molecular weight is 185 g/mol. The van der Waals surface area contributed by atoms with Gasteiger partial charge in [-0.15, -0.1) is 0 Å². The second-order valence-corrected chi connectivity index (χ2v) is 5.45. The summed E-state index contributed by atoms with van der Waals surface area (Å²) < 4.78 is 0. The zero-order valence-corrected chi connectivity index (χ0v) is 10.5. The molecular weight excluding hydrogens is 158 g/mol. The molecule has 0 saturated heterocycles. The fourth-order valence-corrected chi connectivity index (χ4v) is 1.52. The molecule has 0 aromatic rings. The van der Waals surface area contributed by atoms with E-state index in [9.17, 15) is 0 Å². The Kier molecular flexibility index (Phi) is 4.98. The van der Waals surface area contributed by atoms with Crippen LogP contribution in [-0.2, 0) is 0 Å². The summed E-state index contributed by atoms with van der Waals surface area (Å²) in [6.07, 6.45) is 2.61. The highest BCUT2D eigenvalue weighted by atomic mass is 15.2. The summed E-state index contributed by atoms with van der Waals surface area (Å²) in [7, 11) is 2.23. The minimum absolute atomic E-state index is 0.346. The molecule has 0 unspecified atom stereocenters. The molecule has 0 fully saturated rings. The standard InChI is InChI=1S/C12H27N/c1-10(2)8-9-12(5,6)13(7)11(3)4/h10-11H,8-9H2,1-7H3. The van der Waals surface area contributed by atoms with E-state index < -0.39 is 0 Å². The second-order valence-electron chi connectivity index (χ2n) is 5.45. The van der Waals surface area contributed by atoms with E-state index >= 15 is 0 Å². The molecule has 0 saturated carbocycles. The molecule has 0 aliphatic rings. The Labute approximate surface area is 84.5 Å². The monoisotopic (exact) mass is 185 g/mol. The summed E-state index contributed by atoms with van der Waals surface area (Å²) in [5.74, 6) is 0.819. The summed E-state index contributed by atoms with van der Waals surface area (Å²) in [6.45, 7) is 13.8. The van der Waals surface area contributed by atoms with Gasteiger partial charge in [0, 0.05) is 11.6 Å². The van der Waals surface area contributed by atoms with Gasteiger partial charge in [-0.25, -0.2) is 0 Å². The molecule has 0 aliphatic heterocycles. The predicted molar refractivity (Wildman–Crippen MR) is 61.1 cm³/mol. The van der Waals surface area contributed by atoms with Gasteiger partial charge in [-0.3, -0.25) is 4.90 Å². The lowest BCUT2D eigenvalue weighted by Crippen LogP contribution is -2.45. The number of rotatable bonds is 5. The molecule has 13 heavy (non-hydrogen) atoms. The Morgan fingerprint density at radius 2 is 1.54 bits per heavy atom. The molecule has 0 rings (SSSR count). The lowest BCUT2D eigenvalue weighted by Gasteiger charge is -2.39. The van der Waals surface area contributed by atoms with Gasteiger partial charge < -0.3 is 0 Å². The van der Waals surface area contributed by atoms with E-state index in [0.717, 1.165) is 5.92 Å². The van der Waals surface area contributed by atoms with Crippen molar-refractivity contribution >= 4 is 0 Å². The van der Waals surface area contributed by atoms with Crippen molar-refractivity contribution in [3.8, 4) is 0 Å². The van der Waals surface area contributed by atoms with Gasteiger partial charge in [0.1, 0.15) is 0 Å². The maximum absolute atomic E-state index is 2.47. The van der Waals surface area contributed by atoms with Crippen LogP contribution in [0.3, 0.4) is 0 Å². The Balaban J connectivity index is 4.06. The van der Waals surface area contributed by atoms with Crippen LogP contribution in [0.4, 0.5) is 0 Å². The third-order valence-electron chi connectivity index (χ3n) is 3.06. The Morgan fingerprint density at radius 1 is 1.08 bits per heavy atom. The lowest BCUT2D eigenvalue weighted by molar-refractivity contribution is 0.104. The first-order valence-electron chi connectivity index (χ1n) is 5.50. The Bertz CT molecular complexity index is 136. The fourth-order valence-electron chi connectivity index (χ4n) is 1.52. The van der Waals surface area contributed by atoms with Crippen LogP contribution >= 0.6 is 0 Å². The third-order valence-corrected chi connectivity index (χ3v) is 3.06. The first-order chi connectivity index (χ1) is 5.77. The van der Waals surface area contributed by atoms with Crippen molar-refractivity contribution < 1.29 is 0 Å². The van der Waals surface area contributed by atoms with Crippen molar-refractivity contribution in [2.75, 3.05) is 7.05 Å². The van der Waals surface area contributed by atoms with Crippen LogP contribution in [0.1, 0.15) is 54.4 Å². The van der Waals surface area contributed by atoms with Crippen LogP contribution in [0.5, 0.6) is 0 Å². The first-order valence-corrected chi connectivity index (χ1v) is 5.50. The van der Waals surface area contributed by atoms with E-state index in [1.54, 1.807) is 0 Å². The lowest BCUT2D eigenvalue weighted by atomic mass is 9.91. The van der Waals surface area contributed by atoms with Crippen LogP contribution in [0.25, 0.3) is 0 Å². The highest BCUT2D eigenvalue weighted by molar-refractivity contribution is 4.81. The topological polar surface area (TPSA) is 3.24 Å². The maximum Gasteiger partial charge on any atom is 0.0153 e. The molecule has 0 heterocycles. The van der Waals surface area contributed by atoms with Gasteiger partial charge in [0.25, 0.3) is 0 Å². The molecule has 0 bridgehead atoms.